The van der Waals surface area contributed by atoms with Gasteiger partial charge >= 0.3 is 0 Å². The summed E-state index contributed by atoms with van der Waals surface area (Å²) in [6.45, 7) is 0. The number of benzene rings is 2. The summed E-state index contributed by atoms with van der Waals surface area (Å²) in [5, 5.41) is 4.07. The molecule has 0 spiro atoms. The number of nitrogen functional groups attached to an aromatic ring is 1. The zero-order valence-electron chi connectivity index (χ0n) is 10.1. The van der Waals surface area contributed by atoms with E-state index >= 15 is 0 Å². The summed E-state index contributed by atoms with van der Waals surface area (Å²) in [6.07, 6.45) is 0. The van der Waals surface area contributed by atoms with Crippen LogP contribution in [-0.4, -0.2) is 5.91 Å². The number of nitrogens with one attached hydrogen (secondary N) is 1. The molecule has 104 valence electrons. The lowest BCUT2D eigenvalue weighted by Gasteiger charge is -2.13. The summed E-state index contributed by atoms with van der Waals surface area (Å²) in [7, 11) is 0. The molecule has 2 rings (SSSR count). The van der Waals surface area contributed by atoms with E-state index in [0.717, 1.165) is 0 Å². The van der Waals surface area contributed by atoms with E-state index < -0.39 is 5.91 Å². The van der Waals surface area contributed by atoms with E-state index in [1.165, 1.54) is 12.1 Å². The zero-order chi connectivity index (χ0) is 14.9. The number of hydrogen-bond acceptors (Lipinski definition) is 3. The Morgan fingerprint density at radius 3 is 2.30 bits per heavy atom. The minimum atomic E-state index is -0.637. The lowest BCUT2D eigenvalue weighted by molar-refractivity contribution is 0.100. The molecular formula is C13H10Cl3N3O. The number of anilines is 3. The smallest absolute Gasteiger partial charge is 0.250 e. The van der Waals surface area contributed by atoms with Gasteiger partial charge in [-0.2, -0.15) is 0 Å². The Balaban J connectivity index is 2.47. The first kappa shape index (κ1) is 14.8. The third kappa shape index (κ3) is 3.10. The summed E-state index contributed by atoms with van der Waals surface area (Å²) < 4.78 is 0. The molecule has 0 aliphatic heterocycles. The van der Waals surface area contributed by atoms with E-state index in [0.29, 0.717) is 27.1 Å². The number of carbonyl (C=O) groups is 1. The molecule has 0 radical (unpaired) electrons. The van der Waals surface area contributed by atoms with Crippen molar-refractivity contribution in [2.24, 2.45) is 5.73 Å². The van der Waals surface area contributed by atoms with Gasteiger partial charge in [-0.05, 0) is 30.3 Å². The molecule has 0 unspecified atom stereocenters. The normalized spacial score (nSPS) is 10.3. The monoisotopic (exact) mass is 329 g/mol. The second-order valence-corrected chi connectivity index (χ2v) is 5.27. The van der Waals surface area contributed by atoms with Gasteiger partial charge in [-0.1, -0.05) is 34.8 Å². The molecule has 0 bridgehead atoms. The van der Waals surface area contributed by atoms with Crippen LogP contribution in [0.5, 0.6) is 0 Å². The highest BCUT2D eigenvalue weighted by molar-refractivity contribution is 6.42. The molecule has 1 amide bonds. The third-order valence-corrected chi connectivity index (χ3v) is 3.60. The summed E-state index contributed by atoms with van der Waals surface area (Å²) in [4.78, 5) is 11.5. The van der Waals surface area contributed by atoms with Crippen molar-refractivity contribution in [1.82, 2.24) is 0 Å². The fourth-order valence-corrected chi connectivity index (χ4v) is 2.24. The van der Waals surface area contributed by atoms with Gasteiger partial charge in [-0.15, -0.1) is 0 Å². The number of hydrogen-bond donors (Lipinski definition) is 3. The van der Waals surface area contributed by atoms with E-state index in [4.69, 9.17) is 46.3 Å². The predicted molar refractivity (Wildman–Crippen MR) is 84.1 cm³/mol. The Morgan fingerprint density at radius 1 is 1.00 bits per heavy atom. The van der Waals surface area contributed by atoms with Gasteiger partial charge in [0.1, 0.15) is 0 Å². The maximum absolute atomic E-state index is 11.5. The Bertz CT molecular complexity index is 689. The Labute approximate surface area is 130 Å². The highest BCUT2D eigenvalue weighted by Crippen LogP contribution is 2.33. The molecular weight excluding hydrogens is 321 g/mol. The second kappa shape index (κ2) is 5.79. The quantitative estimate of drug-likeness (QED) is 0.742. The molecule has 0 saturated carbocycles. The highest BCUT2D eigenvalue weighted by atomic mass is 35.5. The van der Waals surface area contributed by atoms with Crippen molar-refractivity contribution in [2.45, 2.75) is 0 Å². The van der Waals surface area contributed by atoms with Gasteiger partial charge in [0.05, 0.1) is 26.3 Å². The Morgan fingerprint density at radius 2 is 1.70 bits per heavy atom. The number of rotatable bonds is 3. The van der Waals surface area contributed by atoms with Gasteiger partial charge < -0.3 is 16.8 Å². The maximum atomic E-state index is 11.5. The molecule has 7 heteroatoms. The van der Waals surface area contributed by atoms with Crippen LogP contribution >= 0.6 is 34.8 Å². The molecule has 20 heavy (non-hydrogen) atoms. The molecule has 0 aliphatic carbocycles. The first-order valence-electron chi connectivity index (χ1n) is 5.49. The number of halogens is 3. The maximum Gasteiger partial charge on any atom is 0.250 e. The highest BCUT2D eigenvalue weighted by Gasteiger charge is 2.14. The van der Waals surface area contributed by atoms with Crippen molar-refractivity contribution >= 4 is 57.8 Å². The van der Waals surface area contributed by atoms with Crippen LogP contribution in [-0.2, 0) is 0 Å². The van der Waals surface area contributed by atoms with Crippen molar-refractivity contribution in [3.63, 3.8) is 0 Å². The molecule has 0 heterocycles. The van der Waals surface area contributed by atoms with Gasteiger partial charge in [0.2, 0.25) is 0 Å². The molecule has 0 atom stereocenters. The largest absolute Gasteiger partial charge is 0.399 e. The fourth-order valence-electron chi connectivity index (χ4n) is 1.67. The van der Waals surface area contributed by atoms with Crippen LogP contribution in [0.2, 0.25) is 15.1 Å². The van der Waals surface area contributed by atoms with E-state index in [1.807, 2.05) is 0 Å². The van der Waals surface area contributed by atoms with Crippen LogP contribution in [0.25, 0.3) is 0 Å². The summed E-state index contributed by atoms with van der Waals surface area (Å²) >= 11 is 17.9. The van der Waals surface area contributed by atoms with Crippen molar-refractivity contribution in [1.29, 1.82) is 0 Å². The molecule has 0 fully saturated rings. The first-order valence-corrected chi connectivity index (χ1v) is 6.63. The second-order valence-electron chi connectivity index (χ2n) is 4.04. The SMILES string of the molecule is NC(=O)c1cc(N)cc(Cl)c1Nc1ccc(Cl)c(Cl)c1. The van der Waals surface area contributed by atoms with Gasteiger partial charge in [0.25, 0.3) is 5.91 Å². The molecule has 2 aromatic rings. The average molecular weight is 331 g/mol. The Kier molecular flexibility index (Phi) is 4.28. The lowest BCUT2D eigenvalue weighted by Crippen LogP contribution is -2.14. The molecule has 0 aromatic heterocycles. The fraction of sp³-hybridized carbons (Fsp3) is 0. The van der Waals surface area contributed by atoms with Crippen LogP contribution < -0.4 is 16.8 Å². The summed E-state index contributed by atoms with van der Waals surface area (Å²) in [5.41, 5.74) is 12.5. The van der Waals surface area contributed by atoms with Gasteiger partial charge in [-0.25, -0.2) is 0 Å². The van der Waals surface area contributed by atoms with Crippen LogP contribution in [0.1, 0.15) is 10.4 Å². The van der Waals surface area contributed by atoms with Crippen molar-refractivity contribution in [2.75, 3.05) is 11.1 Å². The number of nitrogens with two attached hydrogens (primary N) is 2. The third-order valence-electron chi connectivity index (χ3n) is 2.57. The average Bonchev–Trinajstić information content (AvgIpc) is 2.36. The minimum Gasteiger partial charge on any atom is -0.399 e. The van der Waals surface area contributed by atoms with E-state index in [1.54, 1.807) is 18.2 Å². The number of primary amides is 1. The number of amides is 1. The summed E-state index contributed by atoms with van der Waals surface area (Å²) in [6, 6.07) is 7.91. The van der Waals surface area contributed by atoms with Crippen molar-refractivity contribution in [3.05, 3.63) is 51.0 Å². The van der Waals surface area contributed by atoms with Gasteiger partial charge in [0.15, 0.2) is 0 Å². The topological polar surface area (TPSA) is 81.1 Å². The van der Waals surface area contributed by atoms with Crippen molar-refractivity contribution in [3.8, 4) is 0 Å². The molecule has 5 N–H and O–H groups in total. The van der Waals surface area contributed by atoms with Crippen LogP contribution in [0, 0.1) is 0 Å². The molecule has 0 saturated heterocycles. The Hall–Kier alpha value is -1.62. The molecule has 4 nitrogen and oxygen atoms in total. The van der Waals surface area contributed by atoms with E-state index in [9.17, 15) is 4.79 Å². The predicted octanol–water partition coefficient (Wildman–Crippen LogP) is 4.07. The summed E-state index contributed by atoms with van der Waals surface area (Å²) in [5.74, 6) is -0.637. The van der Waals surface area contributed by atoms with E-state index in [-0.39, 0.29) is 10.6 Å². The van der Waals surface area contributed by atoms with Crippen LogP contribution in [0.15, 0.2) is 30.3 Å². The minimum absolute atomic E-state index is 0.195. The van der Waals surface area contributed by atoms with Crippen LogP contribution in [0.3, 0.4) is 0 Å². The van der Waals surface area contributed by atoms with Crippen molar-refractivity contribution < 1.29 is 4.79 Å². The van der Waals surface area contributed by atoms with Gasteiger partial charge in [-0.3, -0.25) is 4.79 Å². The molecule has 2 aromatic carbocycles. The first-order chi connectivity index (χ1) is 9.38. The number of carbonyl (C=O) groups excluding carboxylic acids is 1. The molecule has 0 aliphatic rings. The lowest BCUT2D eigenvalue weighted by atomic mass is 10.1. The standard InChI is InChI=1S/C13H10Cl3N3O/c14-9-2-1-7(5-10(9)15)19-12-8(13(18)20)3-6(17)4-11(12)16/h1-5,19H,17H2,(H2,18,20). The zero-order valence-corrected chi connectivity index (χ0v) is 12.4. The van der Waals surface area contributed by atoms with Gasteiger partial charge in [0, 0.05) is 11.4 Å². The van der Waals surface area contributed by atoms with E-state index in [2.05, 4.69) is 5.32 Å². The van der Waals surface area contributed by atoms with Crippen LogP contribution in [0.4, 0.5) is 17.1 Å².